The Morgan fingerprint density at radius 1 is 0.788 bits per heavy atom. The van der Waals surface area contributed by atoms with E-state index in [0.717, 1.165) is 24.4 Å². The van der Waals surface area contributed by atoms with Gasteiger partial charge in [-0.15, -0.1) is 0 Å². The first-order valence-electron chi connectivity index (χ1n) is 9.10. The number of hydrogen-bond acceptors (Lipinski definition) is 7. The van der Waals surface area contributed by atoms with E-state index in [4.69, 9.17) is 0 Å². The highest BCUT2D eigenvalue weighted by Crippen LogP contribution is 2.31. The molecule has 4 aromatic rings. The average molecular weight is 466 g/mol. The summed E-state index contributed by atoms with van der Waals surface area (Å²) in [5.74, 6) is -0.476. The SMILES string of the molecule is Cn1ccc(-c2nc(Nc3ccnc(C(F)(F)F)c3)nc(-c3cccc(C(F)(F)F)n3)n2)n1. The number of anilines is 2. The zero-order valence-electron chi connectivity index (χ0n) is 16.5. The zero-order valence-corrected chi connectivity index (χ0v) is 16.5. The molecule has 33 heavy (non-hydrogen) atoms. The maximum atomic E-state index is 13.1. The largest absolute Gasteiger partial charge is 0.433 e. The molecule has 0 spiro atoms. The summed E-state index contributed by atoms with van der Waals surface area (Å²) in [6.45, 7) is 0. The Morgan fingerprint density at radius 3 is 2.12 bits per heavy atom. The second-order valence-corrected chi connectivity index (χ2v) is 6.64. The van der Waals surface area contributed by atoms with Gasteiger partial charge in [0.15, 0.2) is 11.6 Å². The van der Waals surface area contributed by atoms with Crippen molar-refractivity contribution >= 4 is 11.6 Å². The molecule has 0 fully saturated rings. The van der Waals surface area contributed by atoms with Crippen LogP contribution < -0.4 is 5.32 Å². The Balaban J connectivity index is 1.80. The Bertz CT molecular complexity index is 1300. The predicted molar refractivity (Wildman–Crippen MR) is 103 cm³/mol. The van der Waals surface area contributed by atoms with Gasteiger partial charge in [-0.25, -0.2) is 9.97 Å². The molecule has 0 amide bonds. The number of rotatable bonds is 4. The molecule has 0 aromatic carbocycles. The normalized spacial score (nSPS) is 12.1. The number of aryl methyl sites for hydroxylation is 1. The summed E-state index contributed by atoms with van der Waals surface area (Å²) in [6, 6.07) is 6.75. The van der Waals surface area contributed by atoms with Crippen LogP contribution >= 0.6 is 0 Å². The Morgan fingerprint density at radius 2 is 1.48 bits per heavy atom. The number of hydrogen-bond donors (Lipinski definition) is 1. The molecule has 0 aliphatic carbocycles. The lowest BCUT2D eigenvalue weighted by Gasteiger charge is -2.11. The quantitative estimate of drug-likeness (QED) is 0.442. The van der Waals surface area contributed by atoms with Crippen LogP contribution in [0.3, 0.4) is 0 Å². The lowest BCUT2D eigenvalue weighted by atomic mass is 10.2. The Kier molecular flexibility index (Phi) is 5.43. The van der Waals surface area contributed by atoms with Crippen LogP contribution in [0.1, 0.15) is 11.4 Å². The van der Waals surface area contributed by atoms with Gasteiger partial charge in [-0.3, -0.25) is 9.67 Å². The van der Waals surface area contributed by atoms with E-state index < -0.39 is 23.7 Å². The summed E-state index contributed by atoms with van der Waals surface area (Å²) in [6.07, 6.45) is -6.84. The molecular weight excluding hydrogens is 454 g/mol. The molecule has 0 aliphatic rings. The van der Waals surface area contributed by atoms with Crippen molar-refractivity contribution < 1.29 is 26.3 Å². The van der Waals surface area contributed by atoms with Crippen molar-refractivity contribution in [3.05, 3.63) is 60.2 Å². The Labute approximate surface area is 181 Å². The molecule has 170 valence electrons. The second kappa shape index (κ2) is 8.11. The molecule has 0 bridgehead atoms. The van der Waals surface area contributed by atoms with Gasteiger partial charge in [-0.2, -0.15) is 41.4 Å². The maximum Gasteiger partial charge on any atom is 0.433 e. The minimum absolute atomic E-state index is 0.0209. The highest BCUT2D eigenvalue weighted by Gasteiger charge is 2.33. The molecular formula is C19H12F6N8. The Hall–Kier alpha value is -4.10. The van der Waals surface area contributed by atoms with Crippen LogP contribution in [-0.4, -0.2) is 34.7 Å². The second-order valence-electron chi connectivity index (χ2n) is 6.64. The lowest BCUT2D eigenvalue weighted by Crippen LogP contribution is -2.10. The molecule has 0 unspecified atom stereocenters. The minimum Gasteiger partial charge on any atom is -0.324 e. The van der Waals surface area contributed by atoms with E-state index in [0.29, 0.717) is 0 Å². The summed E-state index contributed by atoms with van der Waals surface area (Å²) >= 11 is 0. The van der Waals surface area contributed by atoms with Gasteiger partial charge in [0.2, 0.25) is 5.95 Å². The van der Waals surface area contributed by atoms with Crippen molar-refractivity contribution in [2.24, 2.45) is 7.05 Å². The van der Waals surface area contributed by atoms with Crippen LogP contribution in [-0.2, 0) is 19.4 Å². The fourth-order valence-electron chi connectivity index (χ4n) is 2.70. The number of aromatic nitrogens is 7. The van der Waals surface area contributed by atoms with Crippen LogP contribution in [0.25, 0.3) is 23.0 Å². The van der Waals surface area contributed by atoms with Crippen LogP contribution in [0.2, 0.25) is 0 Å². The lowest BCUT2D eigenvalue weighted by molar-refractivity contribution is -0.141. The number of alkyl halides is 6. The first kappa shape index (κ1) is 22.1. The van der Waals surface area contributed by atoms with Crippen LogP contribution in [0.4, 0.5) is 38.0 Å². The summed E-state index contributed by atoms with van der Waals surface area (Å²) in [4.78, 5) is 19.2. The third-order valence-corrected chi connectivity index (χ3v) is 4.15. The van der Waals surface area contributed by atoms with Crippen molar-refractivity contribution in [2.45, 2.75) is 12.4 Å². The van der Waals surface area contributed by atoms with Crippen molar-refractivity contribution in [1.82, 2.24) is 34.7 Å². The third-order valence-electron chi connectivity index (χ3n) is 4.15. The number of nitrogens with zero attached hydrogens (tertiary/aromatic N) is 7. The summed E-state index contributed by atoms with van der Waals surface area (Å²) in [5.41, 5.74) is -2.29. The molecule has 0 atom stereocenters. The van der Waals surface area contributed by atoms with E-state index in [1.807, 2.05) is 0 Å². The van der Waals surface area contributed by atoms with Crippen molar-refractivity contribution in [1.29, 1.82) is 0 Å². The van der Waals surface area contributed by atoms with Crippen molar-refractivity contribution in [2.75, 3.05) is 5.32 Å². The number of halogens is 6. The van der Waals surface area contributed by atoms with Gasteiger partial charge < -0.3 is 5.32 Å². The van der Waals surface area contributed by atoms with Crippen molar-refractivity contribution in [3.63, 3.8) is 0 Å². The number of pyridine rings is 2. The van der Waals surface area contributed by atoms with Gasteiger partial charge in [0.25, 0.3) is 0 Å². The average Bonchev–Trinajstić information content (AvgIpc) is 3.19. The monoisotopic (exact) mass is 466 g/mol. The maximum absolute atomic E-state index is 13.1. The van der Waals surface area contributed by atoms with Gasteiger partial charge >= 0.3 is 12.4 Å². The number of nitrogens with one attached hydrogen (secondary N) is 1. The predicted octanol–water partition coefficient (Wildman–Crippen LogP) is 4.51. The molecule has 0 saturated heterocycles. The molecule has 4 heterocycles. The first-order chi connectivity index (χ1) is 15.5. The highest BCUT2D eigenvalue weighted by molar-refractivity contribution is 5.61. The fourth-order valence-corrected chi connectivity index (χ4v) is 2.70. The van der Waals surface area contributed by atoms with Gasteiger partial charge in [0, 0.05) is 25.1 Å². The molecule has 8 nitrogen and oxygen atoms in total. The van der Waals surface area contributed by atoms with E-state index in [1.54, 1.807) is 19.3 Å². The van der Waals surface area contributed by atoms with E-state index in [-0.39, 0.29) is 34.7 Å². The molecule has 1 N–H and O–H groups in total. The third kappa shape index (κ3) is 5.05. The van der Waals surface area contributed by atoms with E-state index in [2.05, 4.69) is 35.3 Å². The summed E-state index contributed by atoms with van der Waals surface area (Å²) in [7, 11) is 1.63. The van der Waals surface area contributed by atoms with Crippen molar-refractivity contribution in [3.8, 4) is 23.0 Å². The molecule has 4 aromatic heterocycles. The van der Waals surface area contributed by atoms with Crippen LogP contribution in [0, 0.1) is 0 Å². The fraction of sp³-hybridized carbons (Fsp3) is 0.158. The standard InChI is InChI=1S/C19H12F6N8/c1-33-8-6-12(32-33)16-29-15(11-3-2-4-13(28-11)18(20,21)22)30-17(31-16)27-10-5-7-26-14(9-10)19(23,24)25/h2-9H,1H3,(H,26,27,29,30,31). The van der Waals surface area contributed by atoms with Gasteiger partial charge in [0.05, 0.1) is 0 Å². The van der Waals surface area contributed by atoms with Gasteiger partial charge in [-0.05, 0) is 30.3 Å². The molecule has 0 radical (unpaired) electrons. The van der Waals surface area contributed by atoms with E-state index >= 15 is 0 Å². The topological polar surface area (TPSA) is 94.3 Å². The minimum atomic E-state index is -4.70. The van der Waals surface area contributed by atoms with Gasteiger partial charge in [0.1, 0.15) is 22.8 Å². The molecule has 0 saturated carbocycles. The highest BCUT2D eigenvalue weighted by atomic mass is 19.4. The zero-order chi connectivity index (χ0) is 23.8. The molecule has 14 heteroatoms. The van der Waals surface area contributed by atoms with Gasteiger partial charge in [-0.1, -0.05) is 6.07 Å². The van der Waals surface area contributed by atoms with Crippen LogP contribution in [0.15, 0.2) is 48.8 Å². The first-order valence-corrected chi connectivity index (χ1v) is 9.10. The van der Waals surface area contributed by atoms with Crippen LogP contribution in [0.5, 0.6) is 0 Å². The molecule has 0 aliphatic heterocycles. The summed E-state index contributed by atoms with van der Waals surface area (Å²) in [5, 5.41) is 6.75. The van der Waals surface area contributed by atoms with E-state index in [9.17, 15) is 26.3 Å². The summed E-state index contributed by atoms with van der Waals surface area (Å²) < 4.78 is 79.6. The molecule has 4 rings (SSSR count). The van der Waals surface area contributed by atoms with E-state index in [1.165, 1.54) is 16.8 Å². The smallest absolute Gasteiger partial charge is 0.324 e.